The highest BCUT2D eigenvalue weighted by Crippen LogP contribution is 2.32. The van der Waals surface area contributed by atoms with Crippen molar-refractivity contribution in [2.75, 3.05) is 0 Å². The van der Waals surface area contributed by atoms with Gasteiger partial charge in [-0.05, 0) is 25.0 Å². The predicted molar refractivity (Wildman–Crippen MR) is 83.0 cm³/mol. The van der Waals surface area contributed by atoms with Crippen molar-refractivity contribution in [2.24, 2.45) is 0 Å². The summed E-state index contributed by atoms with van der Waals surface area (Å²) < 4.78 is 6.93. The molecule has 0 N–H and O–H groups in total. The van der Waals surface area contributed by atoms with Crippen molar-refractivity contribution in [1.82, 2.24) is 24.7 Å². The van der Waals surface area contributed by atoms with Crippen LogP contribution in [0.25, 0.3) is 11.0 Å². The van der Waals surface area contributed by atoms with Crippen LogP contribution in [-0.4, -0.2) is 24.7 Å². The van der Waals surface area contributed by atoms with Crippen molar-refractivity contribution in [3.63, 3.8) is 0 Å². The van der Waals surface area contributed by atoms with Crippen LogP contribution in [0.2, 0.25) is 0 Å². The fourth-order valence-corrected chi connectivity index (χ4v) is 3.09. The Hall–Kier alpha value is -2.57. The van der Waals surface area contributed by atoms with Crippen LogP contribution in [-0.2, 0) is 13.0 Å². The zero-order valence-electron chi connectivity index (χ0n) is 12.7. The molecule has 118 valence electrons. The fourth-order valence-electron chi connectivity index (χ4n) is 3.09. The fraction of sp³-hybridized carbons (Fsp3) is 0.438. The molecule has 0 atom stereocenters. The van der Waals surface area contributed by atoms with Crippen molar-refractivity contribution in [3.05, 3.63) is 46.7 Å². The molecule has 3 aromatic heterocycles. The van der Waals surface area contributed by atoms with E-state index in [1.54, 1.807) is 22.9 Å². The first-order valence-corrected chi connectivity index (χ1v) is 7.94. The number of aromatic nitrogens is 5. The number of hydrogen-bond donors (Lipinski definition) is 0. The lowest BCUT2D eigenvalue weighted by atomic mass is 10.1. The molecule has 1 fully saturated rings. The van der Waals surface area contributed by atoms with E-state index in [2.05, 4.69) is 20.1 Å². The number of aryl methyl sites for hydroxylation is 2. The summed E-state index contributed by atoms with van der Waals surface area (Å²) in [5, 5.41) is 4.56. The van der Waals surface area contributed by atoms with Crippen LogP contribution in [0, 0.1) is 0 Å². The molecule has 3 heterocycles. The third kappa shape index (κ3) is 2.74. The number of fused-ring (bicyclic) bond motifs is 1. The predicted octanol–water partition coefficient (Wildman–Crippen LogP) is 2.07. The molecule has 0 bridgehead atoms. The van der Waals surface area contributed by atoms with Gasteiger partial charge in [-0.15, -0.1) is 0 Å². The van der Waals surface area contributed by atoms with Gasteiger partial charge in [0.05, 0.1) is 11.7 Å². The van der Waals surface area contributed by atoms with E-state index in [1.807, 2.05) is 0 Å². The lowest BCUT2D eigenvalue weighted by Gasteiger charge is -2.04. The molecule has 1 aliphatic carbocycles. The molecule has 4 rings (SSSR count). The highest BCUT2D eigenvalue weighted by atomic mass is 16.5. The Morgan fingerprint density at radius 3 is 3.00 bits per heavy atom. The molecule has 7 heteroatoms. The average molecular weight is 311 g/mol. The molecule has 0 unspecified atom stereocenters. The van der Waals surface area contributed by atoms with Crippen LogP contribution in [0.3, 0.4) is 0 Å². The van der Waals surface area contributed by atoms with Gasteiger partial charge in [0, 0.05) is 25.1 Å². The molecule has 23 heavy (non-hydrogen) atoms. The van der Waals surface area contributed by atoms with Gasteiger partial charge in [-0.1, -0.05) is 18.0 Å². The van der Waals surface area contributed by atoms with E-state index in [0.717, 1.165) is 18.7 Å². The summed E-state index contributed by atoms with van der Waals surface area (Å²) in [4.78, 5) is 25.2. The second kappa shape index (κ2) is 5.91. The lowest BCUT2D eigenvalue weighted by Crippen LogP contribution is -2.22. The molecule has 1 aliphatic rings. The van der Waals surface area contributed by atoms with Gasteiger partial charge in [-0.25, -0.2) is 9.97 Å². The third-order valence-electron chi connectivity index (χ3n) is 4.36. The minimum absolute atomic E-state index is 0.0948. The minimum Gasteiger partial charge on any atom is -0.339 e. The Morgan fingerprint density at radius 2 is 2.13 bits per heavy atom. The van der Waals surface area contributed by atoms with Crippen molar-refractivity contribution in [3.8, 4) is 0 Å². The number of rotatable bonds is 4. The van der Waals surface area contributed by atoms with E-state index < -0.39 is 0 Å². The largest absolute Gasteiger partial charge is 0.339 e. The molecule has 3 aromatic rings. The number of hydrogen-bond acceptors (Lipinski definition) is 6. The molecule has 0 spiro atoms. The highest BCUT2D eigenvalue weighted by Gasteiger charge is 2.22. The molecule has 7 nitrogen and oxygen atoms in total. The van der Waals surface area contributed by atoms with E-state index >= 15 is 0 Å². The van der Waals surface area contributed by atoms with Crippen LogP contribution in [0.1, 0.15) is 43.3 Å². The molecular weight excluding hydrogens is 294 g/mol. The van der Waals surface area contributed by atoms with Gasteiger partial charge in [-0.3, -0.25) is 9.36 Å². The molecule has 0 aromatic carbocycles. The Balaban J connectivity index is 1.51. The summed E-state index contributed by atoms with van der Waals surface area (Å²) >= 11 is 0. The Bertz CT molecular complexity index is 879. The average Bonchev–Trinajstić information content (AvgIpc) is 3.26. The van der Waals surface area contributed by atoms with Gasteiger partial charge in [0.2, 0.25) is 5.89 Å². The molecule has 0 aliphatic heterocycles. The second-order valence-electron chi connectivity index (χ2n) is 5.90. The Kier molecular flexibility index (Phi) is 3.61. The van der Waals surface area contributed by atoms with Gasteiger partial charge in [-0.2, -0.15) is 4.98 Å². The Morgan fingerprint density at radius 1 is 1.26 bits per heavy atom. The first-order valence-electron chi connectivity index (χ1n) is 7.94. The van der Waals surface area contributed by atoms with Gasteiger partial charge >= 0.3 is 0 Å². The second-order valence-corrected chi connectivity index (χ2v) is 5.90. The van der Waals surface area contributed by atoms with E-state index in [4.69, 9.17) is 4.52 Å². The van der Waals surface area contributed by atoms with Crippen molar-refractivity contribution < 1.29 is 4.52 Å². The summed E-state index contributed by atoms with van der Waals surface area (Å²) in [5.41, 5.74) is 0.374. The zero-order chi connectivity index (χ0) is 15.6. The Labute approximate surface area is 132 Å². The first kappa shape index (κ1) is 14.0. The molecule has 0 radical (unpaired) electrons. The van der Waals surface area contributed by atoms with Crippen molar-refractivity contribution in [2.45, 2.75) is 44.6 Å². The molecule has 0 amide bonds. The van der Waals surface area contributed by atoms with Crippen LogP contribution < -0.4 is 5.56 Å². The maximum Gasteiger partial charge on any atom is 0.262 e. The topological polar surface area (TPSA) is 86.7 Å². The van der Waals surface area contributed by atoms with E-state index in [-0.39, 0.29) is 5.56 Å². The highest BCUT2D eigenvalue weighted by molar-refractivity contribution is 5.72. The standard InChI is InChI=1S/C16H17N5O2/c22-16-12-6-3-8-17-14(12)18-10-21(16)9-7-13-19-15(23-20-13)11-4-1-2-5-11/h3,6,8,10-11H,1-2,4-5,7,9H2. The molecule has 0 saturated heterocycles. The quantitative estimate of drug-likeness (QED) is 0.733. The summed E-state index contributed by atoms with van der Waals surface area (Å²) in [6.07, 6.45) is 8.41. The van der Waals surface area contributed by atoms with E-state index in [0.29, 0.717) is 35.7 Å². The monoisotopic (exact) mass is 311 g/mol. The SMILES string of the molecule is O=c1c2cccnc2ncn1CCc1noc(C2CCCC2)n1. The van der Waals surface area contributed by atoms with Crippen LogP contribution in [0.4, 0.5) is 0 Å². The van der Waals surface area contributed by atoms with Gasteiger partial charge in [0.1, 0.15) is 0 Å². The van der Waals surface area contributed by atoms with Crippen LogP contribution >= 0.6 is 0 Å². The van der Waals surface area contributed by atoms with E-state index in [9.17, 15) is 4.79 Å². The number of nitrogens with zero attached hydrogens (tertiary/aromatic N) is 5. The molecular formula is C16H17N5O2. The maximum absolute atomic E-state index is 12.4. The normalized spacial score (nSPS) is 15.5. The summed E-state index contributed by atoms with van der Waals surface area (Å²) in [6.45, 7) is 0.473. The maximum atomic E-state index is 12.4. The van der Waals surface area contributed by atoms with Gasteiger partial charge < -0.3 is 4.52 Å². The first-order chi connectivity index (χ1) is 11.3. The zero-order valence-corrected chi connectivity index (χ0v) is 12.7. The minimum atomic E-state index is -0.0948. The smallest absolute Gasteiger partial charge is 0.262 e. The van der Waals surface area contributed by atoms with Crippen molar-refractivity contribution in [1.29, 1.82) is 0 Å². The van der Waals surface area contributed by atoms with Crippen LogP contribution in [0.5, 0.6) is 0 Å². The summed E-state index contributed by atoms with van der Waals surface area (Å²) in [6, 6.07) is 3.48. The van der Waals surface area contributed by atoms with Crippen molar-refractivity contribution >= 4 is 11.0 Å². The lowest BCUT2D eigenvalue weighted by molar-refractivity contribution is 0.349. The third-order valence-corrected chi connectivity index (χ3v) is 4.36. The van der Waals surface area contributed by atoms with E-state index in [1.165, 1.54) is 19.2 Å². The molecule has 1 saturated carbocycles. The van der Waals surface area contributed by atoms with Gasteiger partial charge in [0.25, 0.3) is 5.56 Å². The van der Waals surface area contributed by atoms with Crippen LogP contribution in [0.15, 0.2) is 34.0 Å². The number of pyridine rings is 1. The summed E-state index contributed by atoms with van der Waals surface area (Å²) in [5.74, 6) is 1.79. The van der Waals surface area contributed by atoms with Gasteiger partial charge in [0.15, 0.2) is 11.5 Å². The summed E-state index contributed by atoms with van der Waals surface area (Å²) in [7, 11) is 0.